The number of aryl methyl sites for hydroxylation is 1. The molecule has 32 heavy (non-hydrogen) atoms. The molecule has 0 radical (unpaired) electrons. The number of benzene rings is 1. The minimum atomic E-state index is -0.0779. The number of aromatic nitrogens is 1. The number of unbranched alkanes of at least 4 members (excludes halogenated alkanes) is 1. The third-order valence-corrected chi connectivity index (χ3v) is 7.68. The number of thiocarbonyl (C=S) groups is 1. The average Bonchev–Trinajstić information content (AvgIpc) is 2.96. The Labute approximate surface area is 199 Å². The highest BCUT2D eigenvalue weighted by Gasteiger charge is 2.32. The predicted octanol–water partition coefficient (Wildman–Crippen LogP) is 5.40. The summed E-state index contributed by atoms with van der Waals surface area (Å²) < 4.78 is 2.41. The van der Waals surface area contributed by atoms with Gasteiger partial charge in [-0.1, -0.05) is 68.4 Å². The number of pyridine rings is 1. The lowest BCUT2D eigenvalue weighted by molar-refractivity contribution is -0.122. The fraction of sp³-hybridized carbons (Fsp3) is 0.480. The van der Waals surface area contributed by atoms with E-state index < -0.39 is 0 Å². The first kappa shape index (κ1) is 23.1. The first-order valence-electron chi connectivity index (χ1n) is 11.7. The lowest BCUT2D eigenvalue weighted by atomic mass is 10.1. The van der Waals surface area contributed by atoms with E-state index in [4.69, 9.17) is 12.2 Å². The second-order valence-corrected chi connectivity index (χ2v) is 10.1. The fourth-order valence-corrected chi connectivity index (χ4v) is 5.92. The molecule has 0 bridgehead atoms. The van der Waals surface area contributed by atoms with Gasteiger partial charge in [-0.15, -0.1) is 0 Å². The van der Waals surface area contributed by atoms with E-state index >= 15 is 0 Å². The maximum Gasteiger partial charge on any atom is 0.266 e. The van der Waals surface area contributed by atoms with Crippen molar-refractivity contribution in [1.29, 1.82) is 0 Å². The van der Waals surface area contributed by atoms with Crippen molar-refractivity contribution in [1.82, 2.24) is 9.47 Å². The van der Waals surface area contributed by atoms with Gasteiger partial charge in [0.15, 0.2) is 0 Å². The van der Waals surface area contributed by atoms with Crippen LogP contribution in [0.5, 0.6) is 0 Å². The van der Waals surface area contributed by atoms with E-state index in [2.05, 4.69) is 17.9 Å². The molecule has 0 atom stereocenters. The summed E-state index contributed by atoms with van der Waals surface area (Å²) in [6.45, 7) is 7.17. The van der Waals surface area contributed by atoms with E-state index in [9.17, 15) is 9.59 Å². The van der Waals surface area contributed by atoms with E-state index in [1.54, 1.807) is 4.90 Å². The molecular formula is C25H31N3O2S2. The topological polar surface area (TPSA) is 45.6 Å². The molecule has 0 saturated carbocycles. The van der Waals surface area contributed by atoms with Gasteiger partial charge in [0, 0.05) is 31.6 Å². The number of hydrogen-bond donors (Lipinski definition) is 0. The van der Waals surface area contributed by atoms with Crippen LogP contribution in [0.25, 0.3) is 17.0 Å². The molecule has 1 aromatic heterocycles. The molecule has 3 heterocycles. The Hall–Kier alpha value is -2.12. The van der Waals surface area contributed by atoms with Crippen LogP contribution in [-0.4, -0.2) is 39.3 Å². The highest BCUT2D eigenvalue weighted by atomic mass is 32.2. The maximum atomic E-state index is 13.7. The number of hydrogen-bond acceptors (Lipinski definition) is 5. The Balaban J connectivity index is 1.90. The number of amides is 1. The zero-order valence-corrected chi connectivity index (χ0v) is 20.6. The average molecular weight is 470 g/mol. The molecule has 1 aromatic carbocycles. The van der Waals surface area contributed by atoms with Gasteiger partial charge in [-0.2, -0.15) is 0 Å². The lowest BCUT2D eigenvalue weighted by Gasteiger charge is -2.27. The van der Waals surface area contributed by atoms with E-state index in [-0.39, 0.29) is 11.5 Å². The molecule has 170 valence electrons. The molecule has 2 aliphatic rings. The Kier molecular flexibility index (Phi) is 7.36. The minimum Gasteiger partial charge on any atom is -0.370 e. The fourth-order valence-electron chi connectivity index (χ4n) is 4.63. The van der Waals surface area contributed by atoms with Crippen molar-refractivity contribution in [3.8, 4) is 0 Å². The summed E-state index contributed by atoms with van der Waals surface area (Å²) >= 11 is 6.81. The van der Waals surface area contributed by atoms with Gasteiger partial charge in [0.2, 0.25) is 0 Å². The van der Waals surface area contributed by atoms with Gasteiger partial charge in [0.1, 0.15) is 4.32 Å². The van der Waals surface area contributed by atoms with Gasteiger partial charge in [-0.3, -0.25) is 14.5 Å². The number of anilines is 1. The summed E-state index contributed by atoms with van der Waals surface area (Å²) in [4.78, 5) is 31.4. The number of nitrogens with zero attached hydrogens (tertiary/aromatic N) is 3. The Morgan fingerprint density at radius 2 is 1.78 bits per heavy atom. The molecule has 1 amide bonds. The third kappa shape index (κ3) is 4.37. The van der Waals surface area contributed by atoms with E-state index in [1.165, 1.54) is 24.6 Å². The molecule has 2 fully saturated rings. The van der Waals surface area contributed by atoms with Crippen molar-refractivity contribution in [2.45, 2.75) is 58.9 Å². The summed E-state index contributed by atoms with van der Waals surface area (Å²) in [5.41, 5.74) is 2.50. The molecule has 0 unspecified atom stereocenters. The van der Waals surface area contributed by atoms with Crippen molar-refractivity contribution >= 4 is 56.9 Å². The van der Waals surface area contributed by atoms with Crippen LogP contribution in [0.3, 0.4) is 0 Å². The minimum absolute atomic E-state index is 0.0377. The second-order valence-electron chi connectivity index (χ2n) is 8.42. The van der Waals surface area contributed by atoms with E-state index in [0.29, 0.717) is 27.9 Å². The molecule has 0 N–H and O–H groups in total. The molecule has 0 aliphatic carbocycles. The van der Waals surface area contributed by atoms with Crippen LogP contribution in [-0.2, 0) is 11.3 Å². The van der Waals surface area contributed by atoms with E-state index in [0.717, 1.165) is 55.4 Å². The lowest BCUT2D eigenvalue weighted by Crippen LogP contribution is -2.31. The second kappa shape index (κ2) is 10.2. The zero-order chi connectivity index (χ0) is 22.7. The van der Waals surface area contributed by atoms with Crippen LogP contribution in [0.2, 0.25) is 0 Å². The molecule has 4 rings (SSSR count). The highest BCUT2D eigenvalue weighted by Crippen LogP contribution is 2.36. The van der Waals surface area contributed by atoms with Crippen molar-refractivity contribution in [3.05, 3.63) is 45.1 Å². The standard InChI is InChI=1S/C25H31N3O2S2/c1-3-5-16-28-24(30)21(32-25(28)31)17-19-22(26-14-10-6-7-11-15-26)18-12-8-9-13-20(18)27(4-2)23(19)29/h8-9,12-13,17H,3-7,10-11,14-16H2,1-2H3. The van der Waals surface area contributed by atoms with Crippen LogP contribution in [0.4, 0.5) is 5.69 Å². The van der Waals surface area contributed by atoms with E-state index in [1.807, 2.05) is 35.8 Å². The quantitative estimate of drug-likeness (QED) is 0.419. The maximum absolute atomic E-state index is 13.7. The third-order valence-electron chi connectivity index (χ3n) is 6.30. The first-order chi connectivity index (χ1) is 15.6. The molecule has 2 saturated heterocycles. The Morgan fingerprint density at radius 3 is 2.47 bits per heavy atom. The van der Waals surface area contributed by atoms with Gasteiger partial charge in [-0.25, -0.2) is 0 Å². The Bertz CT molecular complexity index is 1110. The molecule has 2 aliphatic heterocycles. The smallest absolute Gasteiger partial charge is 0.266 e. The number of para-hydroxylation sites is 1. The van der Waals surface area contributed by atoms with Gasteiger partial charge in [0.25, 0.3) is 11.5 Å². The van der Waals surface area contributed by atoms with Gasteiger partial charge in [-0.05, 0) is 38.3 Å². The number of fused-ring (bicyclic) bond motifs is 1. The van der Waals surface area contributed by atoms with Gasteiger partial charge in [0.05, 0.1) is 21.7 Å². The molecule has 5 nitrogen and oxygen atoms in total. The summed E-state index contributed by atoms with van der Waals surface area (Å²) in [5, 5.41) is 1.07. The van der Waals surface area contributed by atoms with Crippen LogP contribution in [0.1, 0.15) is 57.9 Å². The summed E-state index contributed by atoms with van der Waals surface area (Å²) in [6.07, 6.45) is 8.39. The highest BCUT2D eigenvalue weighted by molar-refractivity contribution is 8.26. The SMILES string of the molecule is CCCCN1C(=O)C(=Cc2c(N3CCCCCC3)c3ccccc3n(CC)c2=O)SC1=S. The zero-order valence-electron chi connectivity index (χ0n) is 18.9. The van der Waals surface area contributed by atoms with Crippen molar-refractivity contribution < 1.29 is 4.79 Å². The normalized spacial score (nSPS) is 18.8. The van der Waals surface area contributed by atoms with Crippen LogP contribution < -0.4 is 10.5 Å². The number of rotatable bonds is 6. The van der Waals surface area contributed by atoms with Crippen molar-refractivity contribution in [2.24, 2.45) is 0 Å². The molecule has 0 spiro atoms. The van der Waals surface area contributed by atoms with Crippen molar-refractivity contribution in [2.75, 3.05) is 24.5 Å². The van der Waals surface area contributed by atoms with Gasteiger partial charge < -0.3 is 9.47 Å². The van der Waals surface area contributed by atoms with Crippen LogP contribution in [0, 0.1) is 0 Å². The van der Waals surface area contributed by atoms with Crippen LogP contribution in [0.15, 0.2) is 34.0 Å². The summed E-state index contributed by atoms with van der Waals surface area (Å²) in [5.74, 6) is -0.0779. The number of thioether (sulfide) groups is 1. The molecule has 7 heteroatoms. The predicted molar refractivity (Wildman–Crippen MR) is 139 cm³/mol. The molecular weight excluding hydrogens is 438 g/mol. The first-order valence-corrected chi connectivity index (χ1v) is 12.9. The summed E-state index contributed by atoms with van der Waals surface area (Å²) in [7, 11) is 0. The number of carbonyl (C=O) groups is 1. The largest absolute Gasteiger partial charge is 0.370 e. The van der Waals surface area contributed by atoms with Crippen molar-refractivity contribution in [3.63, 3.8) is 0 Å². The number of carbonyl (C=O) groups excluding carboxylic acids is 1. The van der Waals surface area contributed by atoms with Gasteiger partial charge >= 0.3 is 0 Å². The van der Waals surface area contributed by atoms with Crippen LogP contribution >= 0.6 is 24.0 Å². The monoisotopic (exact) mass is 469 g/mol. The Morgan fingerprint density at radius 1 is 1.06 bits per heavy atom. The molecule has 2 aromatic rings. The summed E-state index contributed by atoms with van der Waals surface area (Å²) in [6, 6.07) is 8.14.